The second-order valence-corrected chi connectivity index (χ2v) is 5.60. The van der Waals surface area contributed by atoms with E-state index in [0.29, 0.717) is 28.8 Å². The first-order valence-electron chi connectivity index (χ1n) is 6.19. The summed E-state index contributed by atoms with van der Waals surface area (Å²) in [5.74, 6) is 0.209. The van der Waals surface area contributed by atoms with E-state index in [4.69, 9.17) is 10.5 Å². The minimum Gasteiger partial charge on any atom is -0.382 e. The van der Waals surface area contributed by atoms with Crippen LogP contribution in [0.15, 0.2) is 22.7 Å². The van der Waals surface area contributed by atoms with Crippen molar-refractivity contribution in [2.24, 2.45) is 0 Å². The van der Waals surface area contributed by atoms with Crippen LogP contribution in [0.4, 0.5) is 19.0 Å². The van der Waals surface area contributed by atoms with Crippen molar-refractivity contribution >= 4 is 21.7 Å². The fraction of sp³-hybridized carbons (Fsp3) is 0.308. The molecule has 8 heteroatoms. The number of fused-ring (bicyclic) bond motifs is 1. The van der Waals surface area contributed by atoms with Crippen molar-refractivity contribution in [2.75, 3.05) is 12.3 Å². The van der Waals surface area contributed by atoms with Gasteiger partial charge in [0, 0.05) is 16.5 Å². The minimum atomic E-state index is -4.47. The van der Waals surface area contributed by atoms with Crippen LogP contribution in [0.5, 0.6) is 0 Å². The largest absolute Gasteiger partial charge is 0.418 e. The van der Waals surface area contributed by atoms with Crippen molar-refractivity contribution in [1.29, 1.82) is 0 Å². The van der Waals surface area contributed by atoms with Crippen LogP contribution in [0.1, 0.15) is 16.8 Å². The lowest BCUT2D eigenvalue weighted by molar-refractivity contribution is -0.137. The SMILES string of the molecule is Nc1nn(-c2ccc(Br)cc2C(F)(F)F)c2c1COCC2. The van der Waals surface area contributed by atoms with Gasteiger partial charge in [0.1, 0.15) is 0 Å². The maximum atomic E-state index is 13.2. The fourth-order valence-corrected chi connectivity index (χ4v) is 2.74. The molecule has 0 bridgehead atoms. The Balaban J connectivity index is 2.22. The topological polar surface area (TPSA) is 53.1 Å². The molecule has 4 nitrogen and oxygen atoms in total. The van der Waals surface area contributed by atoms with Crippen LogP contribution in [0.3, 0.4) is 0 Å². The van der Waals surface area contributed by atoms with E-state index in [1.54, 1.807) is 6.07 Å². The molecular formula is C13H11BrF3N3O. The Bertz CT molecular complexity index is 697. The molecule has 0 saturated heterocycles. The Kier molecular flexibility index (Phi) is 3.45. The van der Waals surface area contributed by atoms with Crippen molar-refractivity contribution in [3.63, 3.8) is 0 Å². The number of hydrogen-bond donors (Lipinski definition) is 1. The lowest BCUT2D eigenvalue weighted by atomic mass is 10.1. The molecule has 1 aliphatic rings. The van der Waals surface area contributed by atoms with Crippen molar-refractivity contribution in [2.45, 2.75) is 19.2 Å². The van der Waals surface area contributed by atoms with E-state index in [1.165, 1.54) is 10.7 Å². The molecule has 0 atom stereocenters. The summed E-state index contributed by atoms with van der Waals surface area (Å²) in [7, 11) is 0. The number of hydrogen-bond acceptors (Lipinski definition) is 3. The quantitative estimate of drug-likeness (QED) is 0.847. The van der Waals surface area contributed by atoms with Crippen LogP contribution < -0.4 is 5.73 Å². The molecule has 112 valence electrons. The van der Waals surface area contributed by atoms with Gasteiger partial charge in [0.25, 0.3) is 0 Å². The standard InChI is InChI=1S/C13H11BrF3N3O/c14-7-1-2-11(9(5-7)13(15,16)17)20-10-3-4-21-6-8(10)12(18)19-20/h1-2,5H,3-4,6H2,(H2,18,19). The number of ether oxygens (including phenoxy) is 1. The number of nitrogens with zero attached hydrogens (tertiary/aromatic N) is 2. The summed E-state index contributed by atoms with van der Waals surface area (Å²) in [6, 6.07) is 3.97. The molecule has 0 amide bonds. The first-order valence-corrected chi connectivity index (χ1v) is 6.98. The average Bonchev–Trinajstić information content (AvgIpc) is 2.76. The first kappa shape index (κ1) is 14.4. The van der Waals surface area contributed by atoms with Gasteiger partial charge in [0.2, 0.25) is 0 Å². The van der Waals surface area contributed by atoms with Crippen LogP contribution in [-0.2, 0) is 23.9 Å². The van der Waals surface area contributed by atoms with Crippen LogP contribution in [-0.4, -0.2) is 16.4 Å². The van der Waals surface area contributed by atoms with Gasteiger partial charge in [-0.15, -0.1) is 0 Å². The van der Waals surface area contributed by atoms with Crippen molar-refractivity contribution in [3.8, 4) is 5.69 Å². The Morgan fingerprint density at radius 1 is 1.33 bits per heavy atom. The second-order valence-electron chi connectivity index (χ2n) is 4.68. The molecule has 2 aromatic rings. The summed E-state index contributed by atoms with van der Waals surface area (Å²) < 4.78 is 46.6. The molecule has 0 saturated carbocycles. The number of nitrogen functional groups attached to an aromatic ring is 1. The van der Waals surface area contributed by atoms with Crippen molar-refractivity contribution < 1.29 is 17.9 Å². The van der Waals surface area contributed by atoms with E-state index < -0.39 is 11.7 Å². The summed E-state index contributed by atoms with van der Waals surface area (Å²) in [4.78, 5) is 0. The molecular weight excluding hydrogens is 351 g/mol. The van der Waals surface area contributed by atoms with Gasteiger partial charge in [-0.2, -0.15) is 18.3 Å². The molecule has 3 rings (SSSR count). The zero-order chi connectivity index (χ0) is 15.2. The molecule has 2 N–H and O–H groups in total. The smallest absolute Gasteiger partial charge is 0.382 e. The zero-order valence-corrected chi connectivity index (χ0v) is 12.3. The van der Waals surface area contributed by atoms with Gasteiger partial charge in [0.05, 0.1) is 30.2 Å². The molecule has 0 spiro atoms. The summed E-state index contributed by atoms with van der Waals surface area (Å²) in [6.45, 7) is 0.717. The number of anilines is 1. The van der Waals surface area contributed by atoms with Gasteiger partial charge < -0.3 is 10.5 Å². The van der Waals surface area contributed by atoms with Gasteiger partial charge in [-0.05, 0) is 18.2 Å². The van der Waals surface area contributed by atoms with Gasteiger partial charge in [-0.3, -0.25) is 0 Å². The van der Waals surface area contributed by atoms with Gasteiger partial charge in [-0.1, -0.05) is 15.9 Å². The molecule has 0 radical (unpaired) electrons. The predicted molar refractivity (Wildman–Crippen MR) is 74.0 cm³/mol. The highest BCUT2D eigenvalue weighted by molar-refractivity contribution is 9.10. The average molecular weight is 362 g/mol. The van der Waals surface area contributed by atoms with Gasteiger partial charge in [0.15, 0.2) is 5.82 Å². The number of nitrogens with two attached hydrogens (primary N) is 1. The zero-order valence-electron chi connectivity index (χ0n) is 10.7. The van der Waals surface area contributed by atoms with Crippen LogP contribution >= 0.6 is 15.9 Å². The van der Waals surface area contributed by atoms with Crippen molar-refractivity contribution in [1.82, 2.24) is 9.78 Å². The number of alkyl halides is 3. The monoisotopic (exact) mass is 361 g/mol. The third-order valence-electron chi connectivity index (χ3n) is 3.34. The number of halogens is 4. The molecule has 1 aromatic carbocycles. The highest BCUT2D eigenvalue weighted by Gasteiger charge is 2.35. The predicted octanol–water partition coefficient (Wildman–Crippen LogP) is 3.31. The summed E-state index contributed by atoms with van der Waals surface area (Å²) >= 11 is 3.07. The lowest BCUT2D eigenvalue weighted by Crippen LogP contribution is -2.16. The second kappa shape index (κ2) is 5.03. The molecule has 1 aliphatic heterocycles. The Morgan fingerprint density at radius 2 is 2.10 bits per heavy atom. The van der Waals surface area contributed by atoms with Crippen LogP contribution in [0, 0.1) is 0 Å². The molecule has 0 unspecified atom stereocenters. The fourth-order valence-electron chi connectivity index (χ4n) is 2.38. The molecule has 0 aliphatic carbocycles. The highest BCUT2D eigenvalue weighted by Crippen LogP contribution is 2.37. The Labute approximate surface area is 126 Å². The van der Waals surface area contributed by atoms with Gasteiger partial charge in [-0.25, -0.2) is 4.68 Å². The highest BCUT2D eigenvalue weighted by atomic mass is 79.9. The molecule has 1 aromatic heterocycles. The summed E-state index contributed by atoms with van der Waals surface area (Å²) in [5.41, 5.74) is 6.34. The first-order chi connectivity index (χ1) is 9.88. The molecule has 0 fully saturated rings. The number of benzene rings is 1. The van der Waals surface area contributed by atoms with E-state index in [9.17, 15) is 13.2 Å². The van der Waals surface area contributed by atoms with E-state index in [-0.39, 0.29) is 18.1 Å². The Morgan fingerprint density at radius 3 is 2.81 bits per heavy atom. The molecule has 21 heavy (non-hydrogen) atoms. The summed E-state index contributed by atoms with van der Waals surface area (Å²) in [5, 5.41) is 4.07. The van der Waals surface area contributed by atoms with E-state index in [2.05, 4.69) is 21.0 Å². The number of rotatable bonds is 1. The lowest BCUT2D eigenvalue weighted by Gasteiger charge is -2.18. The third kappa shape index (κ3) is 2.53. The maximum absolute atomic E-state index is 13.2. The molecule has 2 heterocycles. The summed E-state index contributed by atoms with van der Waals surface area (Å²) in [6.07, 6.45) is -4.00. The normalized spacial score (nSPS) is 15.0. The third-order valence-corrected chi connectivity index (χ3v) is 3.84. The number of aromatic nitrogens is 2. The van der Waals surface area contributed by atoms with E-state index in [1.807, 2.05) is 0 Å². The van der Waals surface area contributed by atoms with E-state index in [0.717, 1.165) is 6.07 Å². The van der Waals surface area contributed by atoms with Crippen molar-refractivity contribution in [3.05, 3.63) is 39.5 Å². The Hall–Kier alpha value is -1.54. The minimum absolute atomic E-state index is 0.0273. The van der Waals surface area contributed by atoms with E-state index >= 15 is 0 Å². The van der Waals surface area contributed by atoms with Crippen LogP contribution in [0.25, 0.3) is 5.69 Å². The van der Waals surface area contributed by atoms with Crippen LogP contribution in [0.2, 0.25) is 0 Å². The van der Waals surface area contributed by atoms with Gasteiger partial charge >= 0.3 is 6.18 Å². The maximum Gasteiger partial charge on any atom is 0.418 e.